The summed E-state index contributed by atoms with van der Waals surface area (Å²) in [6, 6.07) is 11.1. The quantitative estimate of drug-likeness (QED) is 0.772. The second kappa shape index (κ2) is 8.69. The van der Waals surface area contributed by atoms with Crippen LogP contribution in [0, 0.1) is 17.2 Å². The number of para-hydroxylation sites is 1. The van der Waals surface area contributed by atoms with Crippen molar-refractivity contribution in [3.05, 3.63) is 46.3 Å². The second-order valence-corrected chi connectivity index (χ2v) is 7.58. The Balaban J connectivity index is 1.51. The summed E-state index contributed by atoms with van der Waals surface area (Å²) in [6.45, 7) is 1.50. The van der Waals surface area contributed by atoms with Crippen LogP contribution in [-0.4, -0.2) is 25.1 Å². The summed E-state index contributed by atoms with van der Waals surface area (Å²) >= 11 is 1.44. The molecule has 2 aromatic rings. The van der Waals surface area contributed by atoms with E-state index in [1.54, 1.807) is 24.3 Å². The Bertz CT molecular complexity index is 870. The first-order valence-electron chi connectivity index (χ1n) is 8.74. The highest BCUT2D eigenvalue weighted by Gasteiger charge is 2.24. The number of hydrogen-bond donors (Lipinski definition) is 1. The molecule has 0 saturated carbocycles. The van der Waals surface area contributed by atoms with E-state index in [1.807, 2.05) is 6.07 Å². The minimum absolute atomic E-state index is 0.272. The molecule has 140 valence electrons. The second-order valence-electron chi connectivity index (χ2n) is 6.48. The first kappa shape index (κ1) is 18.9. The Morgan fingerprint density at radius 1 is 1.30 bits per heavy atom. The molecule has 1 heterocycles. The Morgan fingerprint density at radius 3 is 2.81 bits per heavy atom. The number of fused-ring (bicyclic) bond motifs is 1. The van der Waals surface area contributed by atoms with Crippen molar-refractivity contribution in [3.8, 4) is 11.8 Å². The standard InChI is InChI=1S/C20H20N2O4S/c1-13-7-8-15-16(10-21)20(27-17(15)9-13)22-18(23)11-26-19(24)12-25-14-5-3-2-4-6-14/h2-6,13H,7-9,11-12H2,1H3,(H,22,23)/t13-/m1/s1. The molecule has 0 fully saturated rings. The number of thiophene rings is 1. The van der Waals surface area contributed by atoms with Crippen molar-refractivity contribution < 1.29 is 19.1 Å². The number of nitriles is 1. The Kier molecular flexibility index (Phi) is 6.09. The van der Waals surface area contributed by atoms with E-state index in [2.05, 4.69) is 18.3 Å². The van der Waals surface area contributed by atoms with Gasteiger partial charge in [0.2, 0.25) is 0 Å². The number of ether oxygens (including phenoxy) is 2. The van der Waals surface area contributed by atoms with Gasteiger partial charge in [0.25, 0.3) is 5.91 Å². The predicted octanol–water partition coefficient (Wildman–Crippen LogP) is 3.31. The average Bonchev–Trinajstić information content (AvgIpc) is 3.01. The lowest BCUT2D eigenvalue weighted by Crippen LogP contribution is -2.23. The lowest BCUT2D eigenvalue weighted by Gasteiger charge is -2.17. The Hall–Kier alpha value is -2.85. The van der Waals surface area contributed by atoms with Crippen LogP contribution in [0.3, 0.4) is 0 Å². The maximum Gasteiger partial charge on any atom is 0.344 e. The summed E-state index contributed by atoms with van der Waals surface area (Å²) in [5, 5.41) is 12.7. The van der Waals surface area contributed by atoms with E-state index >= 15 is 0 Å². The van der Waals surface area contributed by atoms with Crippen molar-refractivity contribution in [2.45, 2.75) is 26.2 Å². The third-order valence-electron chi connectivity index (χ3n) is 4.34. The third-order valence-corrected chi connectivity index (χ3v) is 5.51. The highest BCUT2D eigenvalue weighted by atomic mass is 32.1. The fourth-order valence-corrected chi connectivity index (χ4v) is 4.34. The van der Waals surface area contributed by atoms with Crippen LogP contribution in [0.4, 0.5) is 5.00 Å². The van der Waals surface area contributed by atoms with Gasteiger partial charge < -0.3 is 14.8 Å². The molecule has 1 N–H and O–H groups in total. The lowest BCUT2D eigenvalue weighted by molar-refractivity contribution is -0.149. The highest BCUT2D eigenvalue weighted by Crippen LogP contribution is 2.39. The number of nitrogens with one attached hydrogen (secondary N) is 1. The van der Waals surface area contributed by atoms with E-state index < -0.39 is 18.5 Å². The van der Waals surface area contributed by atoms with Crippen LogP contribution < -0.4 is 10.1 Å². The average molecular weight is 384 g/mol. The molecule has 0 saturated heterocycles. The molecular weight excluding hydrogens is 364 g/mol. The van der Waals surface area contributed by atoms with E-state index in [9.17, 15) is 14.9 Å². The van der Waals surface area contributed by atoms with Crippen molar-refractivity contribution in [1.29, 1.82) is 5.26 Å². The summed E-state index contributed by atoms with van der Waals surface area (Å²) in [6.07, 6.45) is 2.83. The molecule has 1 aliphatic carbocycles. The molecule has 1 aliphatic rings. The van der Waals surface area contributed by atoms with Crippen LogP contribution in [0.5, 0.6) is 5.75 Å². The molecule has 0 aliphatic heterocycles. The number of hydrogen-bond acceptors (Lipinski definition) is 6. The summed E-state index contributed by atoms with van der Waals surface area (Å²) in [5.41, 5.74) is 1.58. The molecule has 0 radical (unpaired) electrons. The Morgan fingerprint density at radius 2 is 2.07 bits per heavy atom. The number of carbonyl (C=O) groups excluding carboxylic acids is 2. The first-order valence-corrected chi connectivity index (χ1v) is 9.56. The molecule has 1 aromatic carbocycles. The number of nitrogens with zero attached hydrogens (tertiary/aromatic N) is 1. The largest absolute Gasteiger partial charge is 0.482 e. The van der Waals surface area contributed by atoms with E-state index in [-0.39, 0.29) is 6.61 Å². The van der Waals surface area contributed by atoms with Crippen molar-refractivity contribution in [2.75, 3.05) is 18.5 Å². The zero-order chi connectivity index (χ0) is 19.2. The van der Waals surface area contributed by atoms with E-state index in [0.717, 1.165) is 29.7 Å². The van der Waals surface area contributed by atoms with Gasteiger partial charge in [-0.3, -0.25) is 4.79 Å². The van der Waals surface area contributed by atoms with Gasteiger partial charge in [-0.2, -0.15) is 5.26 Å². The molecule has 6 nitrogen and oxygen atoms in total. The Labute approximate surface area is 161 Å². The van der Waals surface area contributed by atoms with E-state index in [0.29, 0.717) is 22.2 Å². The van der Waals surface area contributed by atoms with Crippen molar-refractivity contribution in [3.63, 3.8) is 0 Å². The molecule has 7 heteroatoms. The third kappa shape index (κ3) is 4.86. The van der Waals surface area contributed by atoms with Crippen LogP contribution in [0.2, 0.25) is 0 Å². The van der Waals surface area contributed by atoms with Gasteiger partial charge in [0, 0.05) is 4.88 Å². The van der Waals surface area contributed by atoms with Crippen LogP contribution in [0.15, 0.2) is 30.3 Å². The van der Waals surface area contributed by atoms with Crippen LogP contribution in [0.25, 0.3) is 0 Å². The summed E-state index contributed by atoms with van der Waals surface area (Å²) in [5.74, 6) is 0.0350. The SMILES string of the molecule is C[C@@H]1CCc2c(sc(NC(=O)COC(=O)COc3ccccc3)c2C#N)C1. The molecule has 1 atom stereocenters. The summed E-state index contributed by atoms with van der Waals surface area (Å²) in [7, 11) is 0. The zero-order valence-corrected chi connectivity index (χ0v) is 15.8. The van der Waals surface area contributed by atoms with Crippen LogP contribution >= 0.6 is 11.3 Å². The normalized spacial score (nSPS) is 15.3. The number of anilines is 1. The van der Waals surface area contributed by atoms with Gasteiger partial charge in [0.05, 0.1) is 5.56 Å². The number of benzene rings is 1. The van der Waals surface area contributed by atoms with Gasteiger partial charge in [-0.15, -0.1) is 11.3 Å². The van der Waals surface area contributed by atoms with Crippen LogP contribution in [-0.2, 0) is 27.2 Å². The fourth-order valence-electron chi connectivity index (χ4n) is 2.97. The molecule has 1 amide bonds. The predicted molar refractivity (Wildman–Crippen MR) is 102 cm³/mol. The van der Waals surface area contributed by atoms with Gasteiger partial charge >= 0.3 is 5.97 Å². The number of amides is 1. The molecule has 27 heavy (non-hydrogen) atoms. The van der Waals surface area contributed by atoms with Gasteiger partial charge in [-0.25, -0.2) is 4.79 Å². The summed E-state index contributed by atoms with van der Waals surface area (Å²) < 4.78 is 10.2. The molecule has 3 rings (SSSR count). The molecule has 0 spiro atoms. The highest BCUT2D eigenvalue weighted by molar-refractivity contribution is 7.16. The van der Waals surface area contributed by atoms with Gasteiger partial charge in [-0.1, -0.05) is 25.1 Å². The monoisotopic (exact) mass is 384 g/mol. The van der Waals surface area contributed by atoms with Crippen molar-refractivity contribution in [1.82, 2.24) is 0 Å². The number of esters is 1. The molecule has 1 aromatic heterocycles. The molecule has 0 unspecified atom stereocenters. The minimum Gasteiger partial charge on any atom is -0.482 e. The van der Waals surface area contributed by atoms with Gasteiger partial charge in [-0.05, 0) is 42.9 Å². The van der Waals surface area contributed by atoms with Crippen molar-refractivity contribution in [2.24, 2.45) is 5.92 Å². The maximum absolute atomic E-state index is 12.1. The van der Waals surface area contributed by atoms with Gasteiger partial charge in [0.1, 0.15) is 16.8 Å². The smallest absolute Gasteiger partial charge is 0.344 e. The number of rotatable bonds is 6. The van der Waals surface area contributed by atoms with E-state index in [4.69, 9.17) is 9.47 Å². The first-order chi connectivity index (χ1) is 13.1. The molecular formula is C20H20N2O4S. The van der Waals surface area contributed by atoms with Crippen molar-refractivity contribution >= 4 is 28.2 Å². The van der Waals surface area contributed by atoms with E-state index in [1.165, 1.54) is 11.3 Å². The lowest BCUT2D eigenvalue weighted by atomic mass is 9.89. The summed E-state index contributed by atoms with van der Waals surface area (Å²) in [4.78, 5) is 25.0. The zero-order valence-electron chi connectivity index (χ0n) is 15.0. The fraction of sp³-hybridized carbons (Fsp3) is 0.350. The van der Waals surface area contributed by atoms with Gasteiger partial charge in [0.15, 0.2) is 13.2 Å². The topological polar surface area (TPSA) is 88.4 Å². The maximum atomic E-state index is 12.1. The molecule has 0 bridgehead atoms. The van der Waals surface area contributed by atoms with Crippen LogP contribution in [0.1, 0.15) is 29.3 Å². The minimum atomic E-state index is -0.631. The number of carbonyl (C=O) groups is 2.